The van der Waals surface area contributed by atoms with Crippen LogP contribution in [0.25, 0.3) is 0 Å². The van der Waals surface area contributed by atoms with Gasteiger partial charge in [0.2, 0.25) is 0 Å². The molecule has 1 saturated heterocycles. The van der Waals surface area contributed by atoms with Gasteiger partial charge >= 0.3 is 0 Å². The Bertz CT molecular complexity index is 205. The maximum absolute atomic E-state index is 3.58. The first-order valence-corrected chi connectivity index (χ1v) is 8.03. The molecule has 0 atom stereocenters. The van der Waals surface area contributed by atoms with Crippen LogP contribution in [0.15, 0.2) is 0 Å². The van der Waals surface area contributed by atoms with Gasteiger partial charge in [0.1, 0.15) is 0 Å². The minimum atomic E-state index is 0.500. The Morgan fingerprint density at radius 2 is 1.78 bits per heavy atom. The van der Waals surface area contributed by atoms with Gasteiger partial charge < -0.3 is 10.2 Å². The zero-order valence-electron chi connectivity index (χ0n) is 13.1. The molecule has 1 N–H and O–H groups in total. The molecule has 1 aliphatic rings. The number of piperidine rings is 1. The third-order valence-corrected chi connectivity index (χ3v) is 4.19. The number of nitrogens with zero attached hydrogens (tertiary/aromatic N) is 1. The van der Waals surface area contributed by atoms with E-state index in [-0.39, 0.29) is 0 Å². The average Bonchev–Trinajstić information content (AvgIpc) is 2.32. The topological polar surface area (TPSA) is 15.3 Å². The van der Waals surface area contributed by atoms with E-state index in [1.54, 1.807) is 0 Å². The van der Waals surface area contributed by atoms with Crippen molar-refractivity contribution in [2.24, 2.45) is 5.41 Å². The molecule has 108 valence electrons. The summed E-state index contributed by atoms with van der Waals surface area (Å²) in [6, 6.07) is 0.773. The van der Waals surface area contributed by atoms with E-state index >= 15 is 0 Å². The molecule has 1 heterocycles. The van der Waals surface area contributed by atoms with Crippen LogP contribution in [-0.4, -0.2) is 37.1 Å². The minimum absolute atomic E-state index is 0.500. The molecular formula is C16H34N2. The van der Waals surface area contributed by atoms with Crippen molar-refractivity contribution >= 4 is 0 Å². The maximum atomic E-state index is 3.58. The van der Waals surface area contributed by atoms with Crippen molar-refractivity contribution in [1.82, 2.24) is 10.2 Å². The molecule has 1 fully saturated rings. The van der Waals surface area contributed by atoms with Crippen molar-refractivity contribution < 1.29 is 0 Å². The molecule has 0 unspecified atom stereocenters. The molecule has 0 aromatic heterocycles. The van der Waals surface area contributed by atoms with Crippen LogP contribution in [0.1, 0.15) is 66.2 Å². The van der Waals surface area contributed by atoms with Crippen LogP contribution in [0.5, 0.6) is 0 Å². The lowest BCUT2D eigenvalue weighted by molar-refractivity contribution is 0.130. The summed E-state index contributed by atoms with van der Waals surface area (Å²) >= 11 is 0. The van der Waals surface area contributed by atoms with E-state index in [0.29, 0.717) is 5.41 Å². The largest absolute Gasteiger partial charge is 0.314 e. The molecule has 2 nitrogen and oxygen atoms in total. The van der Waals surface area contributed by atoms with Gasteiger partial charge in [-0.05, 0) is 44.3 Å². The van der Waals surface area contributed by atoms with Crippen LogP contribution in [-0.2, 0) is 0 Å². The van der Waals surface area contributed by atoms with Gasteiger partial charge in [-0.25, -0.2) is 0 Å². The lowest BCUT2D eigenvalue weighted by atomic mass is 9.85. The van der Waals surface area contributed by atoms with E-state index in [4.69, 9.17) is 0 Å². The molecule has 0 radical (unpaired) electrons. The Balaban J connectivity index is 2.22. The summed E-state index contributed by atoms with van der Waals surface area (Å²) in [7, 11) is 0. The van der Waals surface area contributed by atoms with Gasteiger partial charge in [0.05, 0.1) is 0 Å². The van der Waals surface area contributed by atoms with Crippen molar-refractivity contribution in [3.8, 4) is 0 Å². The third kappa shape index (κ3) is 6.19. The molecule has 0 aromatic carbocycles. The van der Waals surface area contributed by atoms with E-state index < -0.39 is 0 Å². The van der Waals surface area contributed by atoms with Crippen LogP contribution in [0.2, 0.25) is 0 Å². The van der Waals surface area contributed by atoms with Crippen molar-refractivity contribution in [3.63, 3.8) is 0 Å². The van der Waals surface area contributed by atoms with Crippen LogP contribution in [0, 0.1) is 5.41 Å². The summed E-state index contributed by atoms with van der Waals surface area (Å²) in [5.41, 5.74) is 0.500. The molecule has 18 heavy (non-hydrogen) atoms. The molecule has 0 aliphatic carbocycles. The number of likely N-dealkylation sites (tertiary alicyclic amines) is 1. The first-order valence-electron chi connectivity index (χ1n) is 8.03. The van der Waals surface area contributed by atoms with Gasteiger partial charge in [0.15, 0.2) is 0 Å². The molecule has 0 bridgehead atoms. The summed E-state index contributed by atoms with van der Waals surface area (Å²) in [4.78, 5) is 2.68. The van der Waals surface area contributed by atoms with E-state index in [0.717, 1.165) is 12.6 Å². The Morgan fingerprint density at radius 1 is 1.11 bits per heavy atom. The summed E-state index contributed by atoms with van der Waals surface area (Å²) in [6.45, 7) is 14.4. The highest BCUT2D eigenvalue weighted by Crippen LogP contribution is 2.26. The van der Waals surface area contributed by atoms with E-state index in [1.165, 1.54) is 58.2 Å². The monoisotopic (exact) mass is 254 g/mol. The summed E-state index contributed by atoms with van der Waals surface area (Å²) in [6.07, 6.45) is 8.18. The van der Waals surface area contributed by atoms with Crippen molar-refractivity contribution in [2.45, 2.75) is 72.3 Å². The standard InChI is InChI=1S/C16H34N2/c1-5-7-8-11-16(3,4)14-18-12-9-15(10-13-18)17-6-2/h15,17H,5-14H2,1-4H3. The second-order valence-electron chi connectivity index (χ2n) is 6.73. The quantitative estimate of drug-likeness (QED) is 0.665. The fourth-order valence-electron chi connectivity index (χ4n) is 3.12. The summed E-state index contributed by atoms with van der Waals surface area (Å²) in [5.74, 6) is 0. The Hall–Kier alpha value is -0.0800. The SMILES string of the molecule is CCCCCC(C)(C)CN1CCC(NCC)CC1. The second kappa shape index (κ2) is 8.16. The lowest BCUT2D eigenvalue weighted by Crippen LogP contribution is -2.45. The van der Waals surface area contributed by atoms with Gasteiger partial charge in [-0.2, -0.15) is 0 Å². The van der Waals surface area contributed by atoms with E-state index in [2.05, 4.69) is 37.9 Å². The number of unbranched alkanes of at least 4 members (excludes halogenated alkanes) is 2. The molecule has 2 heteroatoms. The zero-order chi connectivity index (χ0) is 13.4. The smallest absolute Gasteiger partial charge is 0.00912 e. The molecular weight excluding hydrogens is 220 g/mol. The predicted octanol–water partition coefficient (Wildman–Crippen LogP) is 3.67. The molecule has 0 spiro atoms. The first-order chi connectivity index (χ1) is 8.57. The summed E-state index contributed by atoms with van der Waals surface area (Å²) in [5, 5.41) is 3.58. The molecule has 0 saturated carbocycles. The van der Waals surface area contributed by atoms with Gasteiger partial charge in [-0.3, -0.25) is 0 Å². The zero-order valence-corrected chi connectivity index (χ0v) is 13.1. The van der Waals surface area contributed by atoms with Gasteiger partial charge in [-0.1, -0.05) is 47.0 Å². The van der Waals surface area contributed by atoms with Crippen molar-refractivity contribution in [1.29, 1.82) is 0 Å². The number of hydrogen-bond acceptors (Lipinski definition) is 2. The van der Waals surface area contributed by atoms with Gasteiger partial charge in [0.25, 0.3) is 0 Å². The minimum Gasteiger partial charge on any atom is -0.314 e. The average molecular weight is 254 g/mol. The van der Waals surface area contributed by atoms with Gasteiger partial charge in [0, 0.05) is 12.6 Å². The highest BCUT2D eigenvalue weighted by atomic mass is 15.1. The molecule has 1 aliphatic heterocycles. The van der Waals surface area contributed by atoms with E-state index in [9.17, 15) is 0 Å². The highest BCUT2D eigenvalue weighted by Gasteiger charge is 2.24. The Kier molecular flexibility index (Phi) is 7.25. The Labute approximate surface area is 115 Å². The summed E-state index contributed by atoms with van der Waals surface area (Å²) < 4.78 is 0. The van der Waals surface area contributed by atoms with Crippen molar-refractivity contribution in [3.05, 3.63) is 0 Å². The van der Waals surface area contributed by atoms with Crippen LogP contribution in [0.4, 0.5) is 0 Å². The fourth-order valence-corrected chi connectivity index (χ4v) is 3.12. The molecule has 1 rings (SSSR count). The number of hydrogen-bond donors (Lipinski definition) is 1. The molecule has 0 amide bonds. The van der Waals surface area contributed by atoms with Crippen LogP contribution >= 0.6 is 0 Å². The highest BCUT2D eigenvalue weighted by molar-refractivity contribution is 4.81. The molecule has 0 aromatic rings. The number of nitrogens with one attached hydrogen (secondary N) is 1. The maximum Gasteiger partial charge on any atom is 0.00912 e. The van der Waals surface area contributed by atoms with Crippen molar-refractivity contribution in [2.75, 3.05) is 26.2 Å². The normalized spacial score (nSPS) is 19.3. The second-order valence-corrected chi connectivity index (χ2v) is 6.73. The third-order valence-electron chi connectivity index (χ3n) is 4.19. The fraction of sp³-hybridized carbons (Fsp3) is 1.00. The van der Waals surface area contributed by atoms with Gasteiger partial charge in [-0.15, -0.1) is 0 Å². The van der Waals surface area contributed by atoms with E-state index in [1.807, 2.05) is 0 Å². The predicted molar refractivity (Wildman–Crippen MR) is 81.1 cm³/mol. The van der Waals surface area contributed by atoms with Crippen LogP contribution in [0.3, 0.4) is 0 Å². The lowest BCUT2D eigenvalue weighted by Gasteiger charge is -2.37. The number of rotatable bonds is 8. The van der Waals surface area contributed by atoms with Crippen LogP contribution < -0.4 is 5.32 Å². The Morgan fingerprint density at radius 3 is 2.33 bits per heavy atom. The first kappa shape index (κ1) is 16.0.